The largest absolute Gasteiger partial charge is 0.425 e. The number of β-lactam (4-membered cyclic amide) rings is 1. The Balaban J connectivity index is 2.16. The minimum atomic E-state index is -1.23. The first-order valence-electron chi connectivity index (χ1n) is 9.61. The van der Waals surface area contributed by atoms with Crippen molar-refractivity contribution in [2.45, 2.75) is 46.8 Å². The Labute approximate surface area is 189 Å². The van der Waals surface area contributed by atoms with Crippen LogP contribution < -0.4 is 10.1 Å². The zero-order valence-corrected chi connectivity index (χ0v) is 20.9. The summed E-state index contributed by atoms with van der Waals surface area (Å²) < 4.78 is 11.4. The Morgan fingerprint density at radius 1 is 1.17 bits per heavy atom. The lowest BCUT2D eigenvalue weighted by atomic mass is 9.65. The number of ether oxygens (including phenoxy) is 1. The van der Waals surface area contributed by atoms with Gasteiger partial charge in [-0.15, -0.1) is 0 Å². The molecule has 2 rings (SSSR count). The first kappa shape index (κ1) is 24.5. The number of esters is 1. The summed E-state index contributed by atoms with van der Waals surface area (Å²) in [5.74, 6) is -1.32. The molecule has 0 unspecified atom stereocenters. The Hall–Kier alpha value is -0.793. The molecule has 0 saturated carbocycles. The molecule has 162 valence electrons. The number of amides is 1. The van der Waals surface area contributed by atoms with Crippen LogP contribution in [-0.4, -0.2) is 33.6 Å². The molecule has 0 aliphatic carbocycles. The van der Waals surface area contributed by atoms with Crippen molar-refractivity contribution in [3.63, 3.8) is 0 Å². The molecule has 0 bridgehead atoms. The highest BCUT2D eigenvalue weighted by molar-refractivity contribution is 6.48. The smallest absolute Gasteiger partial charge is 0.316 e. The molecule has 1 N–H and O–H groups in total. The van der Waals surface area contributed by atoms with Crippen molar-refractivity contribution in [3.8, 4) is 5.75 Å². The molecule has 1 fully saturated rings. The van der Waals surface area contributed by atoms with Crippen molar-refractivity contribution < 1.29 is 18.8 Å². The van der Waals surface area contributed by atoms with Crippen LogP contribution in [0.15, 0.2) is 12.1 Å². The van der Waals surface area contributed by atoms with Gasteiger partial charge in [0.05, 0.1) is 32.9 Å². The molecule has 0 radical (unpaired) electrons. The van der Waals surface area contributed by atoms with Crippen molar-refractivity contribution >= 4 is 55.7 Å². The third-order valence-corrected chi connectivity index (χ3v) is 7.13. The number of carbonyl (C=O) groups excluding carboxylic acids is 2. The lowest BCUT2D eigenvalue weighted by Gasteiger charge is -2.48. The predicted molar refractivity (Wildman–Crippen MR) is 119 cm³/mol. The maximum absolute atomic E-state index is 12.8. The zero-order chi connectivity index (χ0) is 22.1. The summed E-state index contributed by atoms with van der Waals surface area (Å²) in [5, 5.41) is 3.58. The Kier molecular flexibility index (Phi) is 8.07. The van der Waals surface area contributed by atoms with E-state index < -0.39 is 20.9 Å². The minimum Gasteiger partial charge on any atom is -0.425 e. The highest BCUT2D eigenvalue weighted by Gasteiger charge is 2.52. The molecule has 9 heteroatoms. The standard InChI is InChI=1S/C20H28Cl3NO4Si/c1-10(19(26)28-15-8-13(22)12(21)7-14(15)23)17-16(18(25)24-17)11(20(2,3)4)9-27-29(5)6/h7-8,10-11,16-17,29H,9H2,1-6H3,(H,24,25)/t10-,11-,16+,17-/m1/s1. The van der Waals surface area contributed by atoms with Gasteiger partial charge in [-0.1, -0.05) is 55.6 Å². The normalized spacial score (nSPS) is 21.4. The molecule has 1 aromatic carbocycles. The Morgan fingerprint density at radius 3 is 2.28 bits per heavy atom. The van der Waals surface area contributed by atoms with Crippen LogP contribution in [0.1, 0.15) is 27.7 Å². The van der Waals surface area contributed by atoms with E-state index in [-0.39, 0.29) is 50.0 Å². The highest BCUT2D eigenvalue weighted by Crippen LogP contribution is 2.41. The number of benzene rings is 1. The number of hydrogen-bond donors (Lipinski definition) is 1. The third kappa shape index (κ3) is 5.88. The third-order valence-electron chi connectivity index (χ3n) is 5.25. The highest BCUT2D eigenvalue weighted by atomic mass is 35.5. The van der Waals surface area contributed by atoms with Crippen LogP contribution in [-0.2, 0) is 14.0 Å². The van der Waals surface area contributed by atoms with E-state index in [1.54, 1.807) is 6.92 Å². The topological polar surface area (TPSA) is 64.6 Å². The van der Waals surface area contributed by atoms with Gasteiger partial charge in [-0.3, -0.25) is 9.59 Å². The summed E-state index contributed by atoms with van der Waals surface area (Å²) in [5.41, 5.74) is -0.152. The van der Waals surface area contributed by atoms with Crippen LogP contribution in [0.3, 0.4) is 0 Å². The molecule has 0 spiro atoms. The molecule has 1 aromatic rings. The van der Waals surface area contributed by atoms with Gasteiger partial charge >= 0.3 is 5.97 Å². The van der Waals surface area contributed by atoms with E-state index in [9.17, 15) is 9.59 Å². The number of nitrogens with one attached hydrogen (secondary N) is 1. The van der Waals surface area contributed by atoms with Gasteiger partial charge < -0.3 is 14.5 Å². The van der Waals surface area contributed by atoms with E-state index >= 15 is 0 Å². The maximum atomic E-state index is 12.8. The van der Waals surface area contributed by atoms with E-state index in [0.717, 1.165) is 0 Å². The van der Waals surface area contributed by atoms with Crippen LogP contribution >= 0.6 is 34.8 Å². The van der Waals surface area contributed by atoms with Crippen LogP contribution in [0.25, 0.3) is 0 Å². The molecule has 1 saturated heterocycles. The average molecular weight is 481 g/mol. The van der Waals surface area contributed by atoms with Crippen molar-refractivity contribution in [2.24, 2.45) is 23.2 Å². The molecular weight excluding hydrogens is 453 g/mol. The van der Waals surface area contributed by atoms with Crippen molar-refractivity contribution in [1.82, 2.24) is 5.32 Å². The van der Waals surface area contributed by atoms with Gasteiger partial charge in [0, 0.05) is 12.7 Å². The summed E-state index contributed by atoms with van der Waals surface area (Å²) in [6.07, 6.45) is 0. The van der Waals surface area contributed by atoms with Crippen LogP contribution in [0, 0.1) is 23.2 Å². The molecule has 1 amide bonds. The minimum absolute atomic E-state index is 0.0139. The van der Waals surface area contributed by atoms with Crippen molar-refractivity contribution in [1.29, 1.82) is 0 Å². The van der Waals surface area contributed by atoms with E-state index in [4.69, 9.17) is 44.0 Å². The molecule has 5 nitrogen and oxygen atoms in total. The monoisotopic (exact) mass is 479 g/mol. The number of hydrogen-bond acceptors (Lipinski definition) is 4. The fourth-order valence-electron chi connectivity index (χ4n) is 3.41. The summed E-state index contributed by atoms with van der Waals surface area (Å²) in [6.45, 7) is 12.7. The van der Waals surface area contributed by atoms with E-state index in [2.05, 4.69) is 39.2 Å². The molecule has 1 aliphatic heterocycles. The first-order chi connectivity index (χ1) is 13.3. The second-order valence-corrected chi connectivity index (χ2v) is 12.5. The lowest BCUT2D eigenvalue weighted by Crippen LogP contribution is -2.66. The van der Waals surface area contributed by atoms with E-state index in [1.807, 2.05) is 0 Å². The Morgan fingerprint density at radius 2 is 1.76 bits per heavy atom. The SMILES string of the molecule is C[C@@H](C(=O)Oc1cc(Cl)c(Cl)cc1Cl)[C@H]1NC(=O)[C@H]1[C@@H](CO[SiH](C)C)C(C)(C)C. The fraction of sp³-hybridized carbons (Fsp3) is 0.600. The van der Waals surface area contributed by atoms with Gasteiger partial charge in [-0.05, 0) is 37.4 Å². The van der Waals surface area contributed by atoms with Crippen LogP contribution in [0.4, 0.5) is 0 Å². The van der Waals surface area contributed by atoms with Gasteiger partial charge in [-0.2, -0.15) is 0 Å². The van der Waals surface area contributed by atoms with Gasteiger partial charge in [0.25, 0.3) is 0 Å². The zero-order valence-electron chi connectivity index (χ0n) is 17.5. The Bertz CT molecular complexity index is 782. The first-order valence-corrected chi connectivity index (χ1v) is 13.5. The number of halogens is 3. The number of rotatable bonds is 7. The van der Waals surface area contributed by atoms with Gasteiger partial charge in [0.15, 0.2) is 14.8 Å². The van der Waals surface area contributed by atoms with Crippen molar-refractivity contribution in [3.05, 3.63) is 27.2 Å². The molecule has 1 aliphatic rings. The summed E-state index contributed by atoms with van der Waals surface area (Å²) in [4.78, 5) is 25.2. The molecule has 29 heavy (non-hydrogen) atoms. The summed E-state index contributed by atoms with van der Waals surface area (Å²) in [6, 6.07) is 2.50. The lowest BCUT2D eigenvalue weighted by molar-refractivity contribution is -0.151. The predicted octanol–water partition coefficient (Wildman–Crippen LogP) is 4.97. The average Bonchev–Trinajstić information content (AvgIpc) is 2.58. The summed E-state index contributed by atoms with van der Waals surface area (Å²) >= 11 is 18.0. The number of carbonyl (C=O) groups is 2. The van der Waals surface area contributed by atoms with Gasteiger partial charge in [0.1, 0.15) is 0 Å². The second kappa shape index (κ2) is 9.56. The van der Waals surface area contributed by atoms with Gasteiger partial charge in [-0.25, -0.2) is 0 Å². The maximum Gasteiger partial charge on any atom is 0.316 e. The molecule has 1 heterocycles. The summed E-state index contributed by atoms with van der Waals surface area (Å²) in [7, 11) is -1.23. The second-order valence-electron chi connectivity index (χ2n) is 8.82. The molecule has 0 aromatic heterocycles. The fourth-order valence-corrected chi connectivity index (χ4v) is 4.57. The van der Waals surface area contributed by atoms with Crippen LogP contribution in [0.5, 0.6) is 5.75 Å². The van der Waals surface area contributed by atoms with Crippen molar-refractivity contribution in [2.75, 3.05) is 6.61 Å². The van der Waals surface area contributed by atoms with Crippen LogP contribution in [0.2, 0.25) is 28.2 Å². The quantitative estimate of drug-likeness (QED) is 0.197. The van der Waals surface area contributed by atoms with E-state index in [0.29, 0.717) is 6.61 Å². The van der Waals surface area contributed by atoms with E-state index in [1.165, 1.54) is 12.1 Å². The molecule has 4 atom stereocenters. The molecular formula is C20H28Cl3NO4Si. The van der Waals surface area contributed by atoms with Gasteiger partial charge in [0.2, 0.25) is 5.91 Å².